The van der Waals surface area contributed by atoms with E-state index < -0.39 is 5.79 Å². The normalized spacial score (nSPS) is 25.7. The Hall–Kier alpha value is -4.00. The summed E-state index contributed by atoms with van der Waals surface area (Å²) in [7, 11) is 6.68. The molecular weight excluding hydrogens is 552 g/mol. The van der Waals surface area contributed by atoms with Gasteiger partial charge in [-0.15, -0.1) is 0 Å². The number of methoxy groups -OCH3 is 4. The molecule has 0 aromatic heterocycles. The van der Waals surface area contributed by atoms with E-state index in [1.54, 1.807) is 28.4 Å². The van der Waals surface area contributed by atoms with Crippen LogP contribution in [0, 0.1) is 11.8 Å². The molecule has 4 aromatic rings. The van der Waals surface area contributed by atoms with Gasteiger partial charge in [0.1, 0.15) is 23.0 Å². The Bertz CT molecular complexity index is 1460. The van der Waals surface area contributed by atoms with E-state index in [4.69, 9.17) is 28.4 Å². The van der Waals surface area contributed by atoms with Crippen LogP contribution in [0.3, 0.4) is 0 Å². The van der Waals surface area contributed by atoms with E-state index >= 15 is 0 Å². The Morgan fingerprint density at radius 2 is 0.886 bits per heavy atom. The summed E-state index contributed by atoms with van der Waals surface area (Å²) in [5.41, 5.74) is 3.81. The van der Waals surface area contributed by atoms with Crippen LogP contribution in [0.15, 0.2) is 97.1 Å². The lowest BCUT2D eigenvalue weighted by Gasteiger charge is -2.46. The minimum Gasteiger partial charge on any atom is -0.497 e. The van der Waals surface area contributed by atoms with Gasteiger partial charge < -0.3 is 28.4 Å². The van der Waals surface area contributed by atoms with Crippen LogP contribution in [0.2, 0.25) is 0 Å². The molecule has 3 saturated carbocycles. The first-order valence-corrected chi connectivity index (χ1v) is 15.4. The van der Waals surface area contributed by atoms with Crippen molar-refractivity contribution in [3.8, 4) is 23.0 Å². The van der Waals surface area contributed by atoms with Crippen molar-refractivity contribution in [3.05, 3.63) is 119 Å². The van der Waals surface area contributed by atoms with Crippen molar-refractivity contribution in [2.24, 2.45) is 11.8 Å². The van der Waals surface area contributed by atoms with E-state index in [0.29, 0.717) is 25.0 Å². The predicted molar refractivity (Wildman–Crippen MR) is 168 cm³/mol. The van der Waals surface area contributed by atoms with Gasteiger partial charge in [-0.2, -0.15) is 0 Å². The van der Waals surface area contributed by atoms with Crippen LogP contribution in [0.5, 0.6) is 23.0 Å². The van der Waals surface area contributed by atoms with Gasteiger partial charge in [-0.1, -0.05) is 67.1 Å². The highest BCUT2D eigenvalue weighted by Gasteiger charge is 3.02. The lowest BCUT2D eigenvalue weighted by Crippen LogP contribution is -2.49. The summed E-state index contributed by atoms with van der Waals surface area (Å²) in [5.74, 6) is 2.90. The number of ether oxygens (including phenoxy) is 6. The van der Waals surface area contributed by atoms with Crippen molar-refractivity contribution < 1.29 is 28.4 Å². The van der Waals surface area contributed by atoms with Gasteiger partial charge in [0, 0.05) is 12.1 Å². The summed E-state index contributed by atoms with van der Waals surface area (Å²) in [6.07, 6.45) is 3.53. The Kier molecular flexibility index (Phi) is 7.30. The Morgan fingerprint density at radius 3 is 1.23 bits per heavy atom. The number of rotatable bonds is 12. The van der Waals surface area contributed by atoms with E-state index in [-0.39, 0.29) is 10.8 Å². The molecule has 0 aliphatic heterocycles. The predicted octanol–water partition coefficient (Wildman–Crippen LogP) is 7.47. The van der Waals surface area contributed by atoms with Gasteiger partial charge in [0.2, 0.25) is 0 Å². The highest BCUT2D eigenvalue weighted by molar-refractivity contribution is 5.66. The van der Waals surface area contributed by atoms with Crippen LogP contribution in [0.25, 0.3) is 0 Å². The van der Waals surface area contributed by atoms with Crippen molar-refractivity contribution in [1.82, 2.24) is 0 Å². The molecule has 0 amide bonds. The molecule has 0 N–H and O–H groups in total. The molecule has 0 spiro atoms. The largest absolute Gasteiger partial charge is 0.497 e. The standard InChI is InChI=1S/C38H40O6/c1-39-30-18-26(19-31(22-30)40-2)24-43-38(44-25-27-20-32(41-3)23-33(21-27)42-4)36(28-12-7-5-8-13-28)34-16-11-17-35(34)37(36,38)29-14-9-6-10-15-29/h5-10,12-15,18-23,34-35H,11,16-17,24-25H2,1-4H3. The van der Waals surface area contributed by atoms with E-state index in [1.165, 1.54) is 17.5 Å². The lowest BCUT2D eigenvalue weighted by molar-refractivity contribution is -0.202. The van der Waals surface area contributed by atoms with Gasteiger partial charge in [-0.3, -0.25) is 0 Å². The lowest BCUT2D eigenvalue weighted by atomic mass is 9.54. The molecular formula is C38H40O6. The maximum atomic E-state index is 7.30. The van der Waals surface area contributed by atoms with Gasteiger partial charge in [-0.05, 0) is 71.2 Å². The Balaban J connectivity index is 1.38. The van der Waals surface area contributed by atoms with Gasteiger partial charge in [0.15, 0.2) is 5.79 Å². The minimum atomic E-state index is -0.912. The van der Waals surface area contributed by atoms with E-state index in [1.807, 2.05) is 36.4 Å². The highest BCUT2D eigenvalue weighted by atomic mass is 16.7. The highest BCUT2D eigenvalue weighted by Crippen LogP contribution is 2.92. The first kappa shape index (κ1) is 28.8. The summed E-state index contributed by atoms with van der Waals surface area (Å²) in [6, 6.07) is 33.6. The molecule has 0 saturated heterocycles. The average Bonchev–Trinajstić information content (AvgIpc) is 3.25. The summed E-state index contributed by atoms with van der Waals surface area (Å²) < 4.78 is 37.0. The van der Waals surface area contributed by atoms with Crippen LogP contribution in [-0.2, 0) is 33.5 Å². The van der Waals surface area contributed by atoms with Crippen LogP contribution in [0.1, 0.15) is 41.5 Å². The Labute approximate surface area is 259 Å². The maximum absolute atomic E-state index is 7.30. The van der Waals surface area contributed by atoms with Crippen LogP contribution < -0.4 is 18.9 Å². The summed E-state index contributed by atoms with van der Waals surface area (Å²) >= 11 is 0. The van der Waals surface area contributed by atoms with E-state index in [2.05, 4.69) is 60.7 Å². The van der Waals surface area contributed by atoms with E-state index in [0.717, 1.165) is 47.0 Å². The molecule has 3 aliphatic rings. The number of fused-ring (bicyclic) bond motifs is 4. The van der Waals surface area contributed by atoms with Crippen molar-refractivity contribution in [1.29, 1.82) is 0 Å². The van der Waals surface area contributed by atoms with Crippen LogP contribution in [0.4, 0.5) is 0 Å². The van der Waals surface area contributed by atoms with Gasteiger partial charge in [0.05, 0.1) is 52.5 Å². The molecule has 6 heteroatoms. The zero-order chi connectivity index (χ0) is 30.4. The van der Waals surface area contributed by atoms with Crippen molar-refractivity contribution in [3.63, 3.8) is 0 Å². The average molecular weight is 593 g/mol. The monoisotopic (exact) mass is 592 g/mol. The topological polar surface area (TPSA) is 55.4 Å². The molecule has 0 bridgehead atoms. The molecule has 0 radical (unpaired) electrons. The second kappa shape index (κ2) is 11.2. The third-order valence-electron chi connectivity index (χ3n) is 10.4. The molecule has 4 atom stereocenters. The van der Waals surface area contributed by atoms with E-state index in [9.17, 15) is 0 Å². The third kappa shape index (κ3) is 3.93. The summed E-state index contributed by atoms with van der Waals surface area (Å²) in [5, 5.41) is 0. The molecule has 7 rings (SSSR count). The van der Waals surface area contributed by atoms with Gasteiger partial charge in [-0.25, -0.2) is 0 Å². The van der Waals surface area contributed by atoms with Gasteiger partial charge in [0.25, 0.3) is 0 Å². The first-order valence-electron chi connectivity index (χ1n) is 15.4. The number of benzene rings is 4. The molecule has 4 unspecified atom stereocenters. The number of hydrogen-bond acceptors (Lipinski definition) is 6. The fourth-order valence-electron chi connectivity index (χ4n) is 8.96. The first-order chi connectivity index (χ1) is 21.6. The molecule has 228 valence electrons. The molecule has 3 aliphatic carbocycles. The summed E-state index contributed by atoms with van der Waals surface area (Å²) in [4.78, 5) is 0. The Morgan fingerprint density at radius 1 is 0.523 bits per heavy atom. The molecule has 6 nitrogen and oxygen atoms in total. The smallest absolute Gasteiger partial charge is 0.191 e. The second-order valence-corrected chi connectivity index (χ2v) is 12.1. The van der Waals surface area contributed by atoms with Crippen LogP contribution in [-0.4, -0.2) is 34.2 Å². The minimum absolute atomic E-state index is 0.338. The zero-order valence-corrected chi connectivity index (χ0v) is 25.9. The van der Waals surface area contributed by atoms with Crippen molar-refractivity contribution in [2.45, 2.75) is 49.1 Å². The fourth-order valence-corrected chi connectivity index (χ4v) is 8.96. The van der Waals surface area contributed by atoms with Crippen molar-refractivity contribution >= 4 is 0 Å². The SMILES string of the molecule is COc1cc(COC2(OCc3cc(OC)cc(OC)c3)C3(c4ccccc4)C4CCCC4C23c2ccccc2)cc(OC)c1. The molecule has 3 fully saturated rings. The molecule has 4 aromatic carbocycles. The maximum Gasteiger partial charge on any atom is 0.191 e. The van der Waals surface area contributed by atoms with Crippen LogP contribution >= 0.6 is 0 Å². The van der Waals surface area contributed by atoms with Gasteiger partial charge >= 0.3 is 0 Å². The quantitative estimate of drug-likeness (QED) is 0.159. The number of hydrogen-bond donors (Lipinski definition) is 0. The fraction of sp³-hybridized carbons (Fsp3) is 0.368. The zero-order valence-electron chi connectivity index (χ0n) is 25.9. The molecule has 0 heterocycles. The van der Waals surface area contributed by atoms with Crippen molar-refractivity contribution in [2.75, 3.05) is 28.4 Å². The second-order valence-electron chi connectivity index (χ2n) is 12.1. The summed E-state index contributed by atoms with van der Waals surface area (Å²) in [6.45, 7) is 0.690. The molecule has 44 heavy (non-hydrogen) atoms. The third-order valence-corrected chi connectivity index (χ3v) is 10.4.